The van der Waals surface area contributed by atoms with E-state index in [4.69, 9.17) is 9.88 Å². The zero-order chi connectivity index (χ0) is 20.1. The minimum atomic E-state index is -3.56. The number of likely N-dealkylation sites (tertiary alicyclic amines) is 1. The molecule has 3 rings (SSSR count). The average Bonchev–Trinajstić information content (AvgIpc) is 3.07. The van der Waals surface area contributed by atoms with Crippen molar-refractivity contribution in [3.8, 4) is 0 Å². The predicted octanol–water partition coefficient (Wildman–Crippen LogP) is 0.243. The maximum absolute atomic E-state index is 12.9. The lowest BCUT2D eigenvalue weighted by Gasteiger charge is -2.43. The molecule has 1 amide bonds. The Morgan fingerprint density at radius 2 is 2.04 bits per heavy atom. The lowest BCUT2D eigenvalue weighted by molar-refractivity contribution is -0.148. The van der Waals surface area contributed by atoms with Gasteiger partial charge >= 0.3 is 0 Å². The van der Waals surface area contributed by atoms with E-state index in [1.54, 1.807) is 10.9 Å². The molecule has 2 saturated heterocycles. The smallest absolute Gasteiger partial charge is 0.223 e. The average molecular weight is 414 g/mol. The number of carbonyl (C=O) groups is 1. The zero-order valence-corrected chi connectivity index (χ0v) is 17.3. The van der Waals surface area contributed by atoms with Gasteiger partial charge in [0.2, 0.25) is 15.9 Å². The van der Waals surface area contributed by atoms with Crippen LogP contribution in [-0.2, 0) is 26.6 Å². The summed E-state index contributed by atoms with van der Waals surface area (Å²) >= 11 is 0. The molecule has 0 unspecified atom stereocenters. The molecule has 0 aliphatic carbocycles. The molecule has 9 nitrogen and oxygen atoms in total. The van der Waals surface area contributed by atoms with Gasteiger partial charge in [0.1, 0.15) is 0 Å². The van der Waals surface area contributed by atoms with E-state index < -0.39 is 10.0 Å². The molecule has 3 heterocycles. The fourth-order valence-electron chi connectivity index (χ4n) is 4.12. The first kappa shape index (κ1) is 21.2. The maximum Gasteiger partial charge on any atom is 0.223 e. The summed E-state index contributed by atoms with van der Waals surface area (Å²) in [5, 5.41) is 9.33. The summed E-state index contributed by atoms with van der Waals surface area (Å²) < 4.78 is 30.2. The van der Waals surface area contributed by atoms with Crippen LogP contribution in [0.25, 0.3) is 0 Å². The van der Waals surface area contributed by atoms with Gasteiger partial charge in [0.25, 0.3) is 0 Å². The van der Waals surface area contributed by atoms with E-state index in [9.17, 15) is 13.2 Å². The Morgan fingerprint density at radius 1 is 1.29 bits per heavy atom. The molecule has 0 radical (unpaired) electrons. The molecule has 1 aromatic heterocycles. The first-order chi connectivity index (χ1) is 13.3. The summed E-state index contributed by atoms with van der Waals surface area (Å²) in [5.74, 6) is -0.248. The first-order valence-corrected chi connectivity index (χ1v) is 11.7. The summed E-state index contributed by atoms with van der Waals surface area (Å²) in [4.78, 5) is 17.1. The molecule has 2 atom stereocenters. The number of nitrogens with two attached hydrogens (primary N) is 1. The fourth-order valence-corrected chi connectivity index (χ4v) is 4.66. The van der Waals surface area contributed by atoms with Crippen LogP contribution in [0.5, 0.6) is 0 Å². The van der Waals surface area contributed by atoms with Crippen LogP contribution < -0.4 is 5.14 Å². The number of ether oxygens (including phenoxy) is 1. The molecule has 0 saturated carbocycles. The lowest BCUT2D eigenvalue weighted by Crippen LogP contribution is -2.52. The van der Waals surface area contributed by atoms with Crippen molar-refractivity contribution in [3.63, 3.8) is 0 Å². The second kappa shape index (κ2) is 9.34. The molecule has 28 heavy (non-hydrogen) atoms. The Hall–Kier alpha value is -1.49. The van der Waals surface area contributed by atoms with E-state index >= 15 is 0 Å². The van der Waals surface area contributed by atoms with Crippen LogP contribution in [0.1, 0.15) is 43.7 Å². The van der Waals surface area contributed by atoms with Crippen LogP contribution in [0.2, 0.25) is 0 Å². The Morgan fingerprint density at radius 3 is 2.68 bits per heavy atom. The van der Waals surface area contributed by atoms with Crippen LogP contribution in [0.4, 0.5) is 0 Å². The molecule has 2 aliphatic rings. The van der Waals surface area contributed by atoms with Gasteiger partial charge in [-0.3, -0.25) is 9.48 Å². The van der Waals surface area contributed by atoms with Gasteiger partial charge in [-0.15, -0.1) is 0 Å². The van der Waals surface area contributed by atoms with Gasteiger partial charge in [0.05, 0.1) is 30.7 Å². The van der Waals surface area contributed by atoms with Crippen LogP contribution in [0, 0.1) is 0 Å². The molecule has 2 aliphatic heterocycles. The van der Waals surface area contributed by atoms with Crippen LogP contribution in [0.15, 0.2) is 12.4 Å². The van der Waals surface area contributed by atoms with Crippen LogP contribution in [0.3, 0.4) is 0 Å². The lowest BCUT2D eigenvalue weighted by atomic mass is 9.98. The molecule has 10 heteroatoms. The van der Waals surface area contributed by atoms with Crippen molar-refractivity contribution in [2.75, 3.05) is 38.5 Å². The molecule has 1 aromatic rings. The number of amides is 1. The number of hydrogen-bond donors (Lipinski definition) is 1. The zero-order valence-electron chi connectivity index (χ0n) is 16.5. The second-order valence-electron chi connectivity index (χ2n) is 7.72. The van der Waals surface area contributed by atoms with Crippen LogP contribution >= 0.6 is 0 Å². The normalized spacial score (nSPS) is 24.4. The van der Waals surface area contributed by atoms with Gasteiger partial charge in [-0.05, 0) is 32.4 Å². The van der Waals surface area contributed by atoms with Gasteiger partial charge in [0.15, 0.2) is 0 Å². The monoisotopic (exact) mass is 413 g/mol. The Balaban J connectivity index is 1.73. The summed E-state index contributed by atoms with van der Waals surface area (Å²) in [6.07, 6.45) is 7.62. The molecule has 0 aromatic carbocycles. The van der Waals surface area contributed by atoms with Gasteiger partial charge in [-0.25, -0.2) is 13.6 Å². The summed E-state index contributed by atoms with van der Waals surface area (Å²) in [6, 6.07) is -0.216. The number of morpholine rings is 1. The number of rotatable bonds is 7. The molecule has 2 N–H and O–H groups in total. The van der Waals surface area contributed by atoms with Gasteiger partial charge in [0, 0.05) is 38.3 Å². The van der Waals surface area contributed by atoms with E-state index in [1.807, 2.05) is 18.1 Å². The SMILES string of the molecule is Cn1cc([C@H]2[C@H](CN3CCCCC3)OCCN2C(=O)CCCS(N)(=O)=O)cn1. The van der Waals surface area contributed by atoms with Crippen molar-refractivity contribution >= 4 is 15.9 Å². The summed E-state index contributed by atoms with van der Waals surface area (Å²) in [6.45, 7) is 3.87. The number of primary sulfonamides is 1. The number of nitrogens with zero attached hydrogens (tertiary/aromatic N) is 4. The van der Waals surface area contributed by atoms with Crippen LogP contribution in [-0.4, -0.2) is 78.5 Å². The number of aryl methyl sites for hydroxylation is 1. The van der Waals surface area contributed by atoms with Crippen molar-refractivity contribution in [1.82, 2.24) is 19.6 Å². The third kappa shape index (κ3) is 5.76. The molecule has 0 bridgehead atoms. The van der Waals surface area contributed by atoms with E-state index in [-0.39, 0.29) is 36.6 Å². The Labute approximate surface area is 166 Å². The van der Waals surface area contributed by atoms with Crippen molar-refractivity contribution in [1.29, 1.82) is 0 Å². The van der Waals surface area contributed by atoms with E-state index in [0.717, 1.165) is 25.2 Å². The quantitative estimate of drug-likeness (QED) is 0.686. The number of piperidine rings is 1. The highest BCUT2D eigenvalue weighted by molar-refractivity contribution is 7.89. The van der Waals surface area contributed by atoms with Crippen molar-refractivity contribution < 1.29 is 17.9 Å². The second-order valence-corrected chi connectivity index (χ2v) is 9.45. The summed E-state index contributed by atoms with van der Waals surface area (Å²) in [7, 11) is -1.71. The van der Waals surface area contributed by atoms with Crippen molar-refractivity contribution in [2.24, 2.45) is 12.2 Å². The standard InChI is InChI=1S/C18H31N5O4S/c1-21-13-15(12-20-21)18-16(14-22-7-3-2-4-8-22)27-10-9-23(18)17(24)6-5-11-28(19,25)26/h12-13,16,18H,2-11,14H2,1H3,(H2,19,25,26)/t16-,18-/m0/s1. The summed E-state index contributed by atoms with van der Waals surface area (Å²) in [5.41, 5.74) is 0.948. The molecular weight excluding hydrogens is 382 g/mol. The third-order valence-electron chi connectivity index (χ3n) is 5.45. The van der Waals surface area contributed by atoms with Gasteiger partial charge < -0.3 is 14.5 Å². The largest absolute Gasteiger partial charge is 0.373 e. The molecule has 2 fully saturated rings. The Kier molecular flexibility index (Phi) is 7.08. The number of aromatic nitrogens is 2. The highest BCUT2D eigenvalue weighted by Gasteiger charge is 2.38. The minimum absolute atomic E-state index is 0.0653. The Bertz CT molecular complexity index is 760. The fraction of sp³-hybridized carbons (Fsp3) is 0.778. The molecular formula is C18H31N5O4S. The number of carbonyl (C=O) groups excluding carboxylic acids is 1. The predicted molar refractivity (Wildman–Crippen MR) is 105 cm³/mol. The minimum Gasteiger partial charge on any atom is -0.373 e. The topological polar surface area (TPSA) is 111 Å². The maximum atomic E-state index is 12.9. The van der Waals surface area contributed by atoms with E-state index in [2.05, 4.69) is 10.00 Å². The van der Waals surface area contributed by atoms with Crippen molar-refractivity contribution in [3.05, 3.63) is 18.0 Å². The number of hydrogen-bond acceptors (Lipinski definition) is 6. The van der Waals surface area contributed by atoms with Crippen molar-refractivity contribution in [2.45, 2.75) is 44.2 Å². The van der Waals surface area contributed by atoms with E-state index in [0.29, 0.717) is 13.2 Å². The van der Waals surface area contributed by atoms with Gasteiger partial charge in [-0.2, -0.15) is 5.10 Å². The molecule has 158 valence electrons. The van der Waals surface area contributed by atoms with E-state index in [1.165, 1.54) is 19.3 Å². The highest BCUT2D eigenvalue weighted by atomic mass is 32.2. The van der Waals surface area contributed by atoms with Gasteiger partial charge in [-0.1, -0.05) is 6.42 Å². The third-order valence-corrected chi connectivity index (χ3v) is 6.30. The highest BCUT2D eigenvalue weighted by Crippen LogP contribution is 2.31. The first-order valence-electron chi connectivity index (χ1n) is 9.96. The molecule has 0 spiro atoms. The number of sulfonamides is 1.